The Hall–Kier alpha value is -0.680. The largest absolute Gasteiger partial charge is 0.378 e. The van der Waals surface area contributed by atoms with E-state index in [2.05, 4.69) is 9.80 Å². The summed E-state index contributed by atoms with van der Waals surface area (Å²) in [4.78, 5) is 5.06. The monoisotopic (exact) mass is 324 g/mol. The summed E-state index contributed by atoms with van der Waals surface area (Å²) in [6.07, 6.45) is 2.73. The quantitative estimate of drug-likeness (QED) is 0.850. The molecule has 1 saturated carbocycles. The number of hydrogen-bond donors (Lipinski definition) is 0. The standard InChI is InChI=1S/C17H22ClFN2O/c18-14-5-12(6-15(19)7-14)8-20-3-4-21-16(9-20)10-22-11-17(21)13-1-2-13/h5-7,13,16-17H,1-4,8-11H2/t16-,17-/m1/s1. The minimum absolute atomic E-state index is 0.254. The van der Waals surface area contributed by atoms with Crippen molar-refractivity contribution in [2.24, 2.45) is 5.92 Å². The van der Waals surface area contributed by atoms with Crippen molar-refractivity contribution in [3.63, 3.8) is 0 Å². The Morgan fingerprint density at radius 1 is 1.18 bits per heavy atom. The molecular weight excluding hydrogens is 303 g/mol. The summed E-state index contributed by atoms with van der Waals surface area (Å²) in [5, 5.41) is 0.475. The maximum absolute atomic E-state index is 13.5. The van der Waals surface area contributed by atoms with Gasteiger partial charge in [-0.05, 0) is 42.5 Å². The van der Waals surface area contributed by atoms with Crippen molar-refractivity contribution in [1.82, 2.24) is 9.80 Å². The molecular formula is C17H22ClFN2O. The van der Waals surface area contributed by atoms with Gasteiger partial charge in [0.2, 0.25) is 0 Å². The number of morpholine rings is 1. The summed E-state index contributed by atoms with van der Waals surface area (Å²) in [7, 11) is 0. The Morgan fingerprint density at radius 3 is 2.82 bits per heavy atom. The number of hydrogen-bond acceptors (Lipinski definition) is 3. The van der Waals surface area contributed by atoms with Gasteiger partial charge in [0.25, 0.3) is 0 Å². The van der Waals surface area contributed by atoms with E-state index in [-0.39, 0.29) is 5.82 Å². The van der Waals surface area contributed by atoms with Crippen LogP contribution in [0.15, 0.2) is 18.2 Å². The van der Waals surface area contributed by atoms with Crippen LogP contribution in [-0.2, 0) is 11.3 Å². The van der Waals surface area contributed by atoms with E-state index in [9.17, 15) is 4.39 Å². The predicted octanol–water partition coefficient (Wildman–Crippen LogP) is 2.77. The first-order chi connectivity index (χ1) is 10.7. The molecule has 5 heteroatoms. The van der Waals surface area contributed by atoms with Gasteiger partial charge in [0.15, 0.2) is 0 Å². The average molecular weight is 325 g/mol. The normalized spacial score (nSPS) is 30.3. The molecule has 4 rings (SSSR count). The highest BCUT2D eigenvalue weighted by Crippen LogP contribution is 2.38. The smallest absolute Gasteiger partial charge is 0.125 e. The van der Waals surface area contributed by atoms with Crippen LogP contribution < -0.4 is 0 Å². The van der Waals surface area contributed by atoms with E-state index in [4.69, 9.17) is 16.3 Å². The van der Waals surface area contributed by atoms with Crippen molar-refractivity contribution in [3.05, 3.63) is 34.6 Å². The molecule has 22 heavy (non-hydrogen) atoms. The molecule has 2 aliphatic heterocycles. The van der Waals surface area contributed by atoms with Crippen LogP contribution in [0.1, 0.15) is 18.4 Å². The lowest BCUT2D eigenvalue weighted by Gasteiger charge is -2.48. The van der Waals surface area contributed by atoms with Gasteiger partial charge in [-0.15, -0.1) is 0 Å². The lowest BCUT2D eigenvalue weighted by Crippen LogP contribution is -2.62. The number of piperazine rings is 1. The molecule has 0 radical (unpaired) electrons. The summed E-state index contributed by atoms with van der Waals surface area (Å²) in [5.74, 6) is 0.604. The van der Waals surface area contributed by atoms with Gasteiger partial charge in [-0.3, -0.25) is 9.80 Å². The van der Waals surface area contributed by atoms with Crippen molar-refractivity contribution in [2.45, 2.75) is 31.5 Å². The van der Waals surface area contributed by atoms with E-state index in [1.165, 1.54) is 18.9 Å². The zero-order valence-electron chi connectivity index (χ0n) is 12.7. The van der Waals surface area contributed by atoms with Crippen LogP contribution in [-0.4, -0.2) is 54.7 Å². The van der Waals surface area contributed by atoms with Gasteiger partial charge in [0.1, 0.15) is 5.82 Å². The molecule has 0 N–H and O–H groups in total. The van der Waals surface area contributed by atoms with Crippen LogP contribution in [0.5, 0.6) is 0 Å². The van der Waals surface area contributed by atoms with Gasteiger partial charge in [0.05, 0.1) is 13.2 Å². The maximum Gasteiger partial charge on any atom is 0.125 e. The fourth-order valence-corrected chi connectivity index (χ4v) is 4.18. The first kappa shape index (κ1) is 14.9. The molecule has 2 heterocycles. The summed E-state index contributed by atoms with van der Waals surface area (Å²) in [6, 6.07) is 5.92. The Balaban J connectivity index is 1.41. The average Bonchev–Trinajstić information content (AvgIpc) is 3.30. The third kappa shape index (κ3) is 3.16. The number of halogens is 2. The molecule has 1 aromatic rings. The number of rotatable bonds is 3. The van der Waals surface area contributed by atoms with Crippen LogP contribution in [0.2, 0.25) is 5.02 Å². The minimum atomic E-state index is -0.254. The molecule has 3 nitrogen and oxygen atoms in total. The molecule has 120 valence electrons. The molecule has 0 aromatic heterocycles. The summed E-state index contributed by atoms with van der Waals surface area (Å²) < 4.78 is 19.3. The fourth-order valence-electron chi connectivity index (χ4n) is 3.93. The van der Waals surface area contributed by atoms with Crippen LogP contribution in [0.25, 0.3) is 0 Å². The molecule has 1 aromatic carbocycles. The number of fused-ring (bicyclic) bond motifs is 1. The van der Waals surface area contributed by atoms with Gasteiger partial charge in [-0.25, -0.2) is 4.39 Å². The van der Waals surface area contributed by atoms with E-state index in [0.29, 0.717) is 17.1 Å². The highest BCUT2D eigenvalue weighted by atomic mass is 35.5. The van der Waals surface area contributed by atoms with Gasteiger partial charge < -0.3 is 4.74 Å². The van der Waals surface area contributed by atoms with Crippen LogP contribution >= 0.6 is 11.6 Å². The number of benzene rings is 1. The lowest BCUT2D eigenvalue weighted by molar-refractivity contribution is -0.0880. The molecule has 3 aliphatic rings. The third-order valence-corrected chi connectivity index (χ3v) is 5.35. The van der Waals surface area contributed by atoms with Gasteiger partial charge >= 0.3 is 0 Å². The summed E-state index contributed by atoms with van der Waals surface area (Å²) >= 11 is 5.95. The number of nitrogens with zero attached hydrogens (tertiary/aromatic N) is 2. The molecule has 3 fully saturated rings. The first-order valence-corrected chi connectivity index (χ1v) is 8.57. The third-order valence-electron chi connectivity index (χ3n) is 5.13. The van der Waals surface area contributed by atoms with E-state index < -0.39 is 0 Å². The highest BCUT2D eigenvalue weighted by Gasteiger charge is 2.42. The lowest BCUT2D eigenvalue weighted by atomic mass is 10.0. The molecule has 1 aliphatic carbocycles. The molecule has 2 atom stereocenters. The Bertz CT molecular complexity index is 531. The topological polar surface area (TPSA) is 15.7 Å². The molecule has 2 saturated heterocycles. The van der Waals surface area contributed by atoms with Gasteiger partial charge in [0, 0.05) is 43.3 Å². The van der Waals surface area contributed by atoms with E-state index >= 15 is 0 Å². The zero-order valence-corrected chi connectivity index (χ0v) is 13.4. The van der Waals surface area contributed by atoms with E-state index in [1.54, 1.807) is 6.07 Å². The minimum Gasteiger partial charge on any atom is -0.378 e. The number of ether oxygens (including phenoxy) is 1. The Labute approximate surface area is 136 Å². The second-order valence-electron chi connectivity index (χ2n) is 6.85. The molecule has 0 bridgehead atoms. The van der Waals surface area contributed by atoms with E-state index in [1.807, 2.05) is 6.07 Å². The van der Waals surface area contributed by atoms with Crippen LogP contribution in [0, 0.1) is 11.7 Å². The second kappa shape index (κ2) is 6.08. The molecule has 0 amide bonds. The second-order valence-corrected chi connectivity index (χ2v) is 7.28. The van der Waals surface area contributed by atoms with Crippen molar-refractivity contribution in [3.8, 4) is 0 Å². The van der Waals surface area contributed by atoms with Crippen LogP contribution in [0.3, 0.4) is 0 Å². The molecule has 0 unspecified atom stereocenters. The maximum atomic E-state index is 13.5. The summed E-state index contributed by atoms with van der Waals surface area (Å²) in [5.41, 5.74) is 0.953. The van der Waals surface area contributed by atoms with Crippen molar-refractivity contribution in [1.29, 1.82) is 0 Å². The first-order valence-electron chi connectivity index (χ1n) is 8.20. The summed E-state index contributed by atoms with van der Waals surface area (Å²) in [6.45, 7) is 5.61. The predicted molar refractivity (Wildman–Crippen MR) is 84.5 cm³/mol. The van der Waals surface area contributed by atoms with Gasteiger partial charge in [-0.1, -0.05) is 11.6 Å². The van der Waals surface area contributed by atoms with Crippen molar-refractivity contribution in [2.75, 3.05) is 32.8 Å². The Kier molecular flexibility index (Phi) is 4.11. The Morgan fingerprint density at radius 2 is 2.05 bits per heavy atom. The fraction of sp³-hybridized carbons (Fsp3) is 0.647. The highest BCUT2D eigenvalue weighted by molar-refractivity contribution is 6.30. The zero-order chi connectivity index (χ0) is 15.1. The van der Waals surface area contributed by atoms with E-state index in [0.717, 1.165) is 50.9 Å². The molecule has 0 spiro atoms. The van der Waals surface area contributed by atoms with Gasteiger partial charge in [-0.2, -0.15) is 0 Å². The van der Waals surface area contributed by atoms with Crippen molar-refractivity contribution < 1.29 is 9.13 Å². The van der Waals surface area contributed by atoms with Crippen LogP contribution in [0.4, 0.5) is 4.39 Å². The SMILES string of the molecule is Fc1cc(Cl)cc(CN2CCN3[C@@H](COC[C@@H]3C3CC3)C2)c1. The van der Waals surface area contributed by atoms with Crippen molar-refractivity contribution >= 4 is 11.6 Å².